The van der Waals surface area contributed by atoms with Gasteiger partial charge < -0.3 is 10.2 Å². The summed E-state index contributed by atoms with van der Waals surface area (Å²) in [6.45, 7) is 6.90. The zero-order chi connectivity index (χ0) is 26.1. The molecule has 0 saturated carbocycles. The number of aryl methyl sites for hydroxylation is 2. The van der Waals surface area contributed by atoms with Gasteiger partial charge in [0.05, 0.1) is 6.42 Å². The Morgan fingerprint density at radius 3 is 2.25 bits per heavy atom. The number of rotatable bonds is 11. The maximum atomic E-state index is 13.9. The molecular formula is C30H34Cl2N2O2. The lowest BCUT2D eigenvalue weighted by atomic mass is 10.00. The van der Waals surface area contributed by atoms with E-state index in [0.29, 0.717) is 23.0 Å². The van der Waals surface area contributed by atoms with Gasteiger partial charge in [-0.1, -0.05) is 102 Å². The van der Waals surface area contributed by atoms with Gasteiger partial charge in [0, 0.05) is 29.6 Å². The number of benzene rings is 3. The molecule has 0 spiro atoms. The zero-order valence-corrected chi connectivity index (χ0v) is 22.7. The van der Waals surface area contributed by atoms with Gasteiger partial charge in [0.1, 0.15) is 6.04 Å². The van der Waals surface area contributed by atoms with Crippen LogP contribution in [0.25, 0.3) is 0 Å². The normalized spacial score (nSPS) is 11.7. The van der Waals surface area contributed by atoms with E-state index in [0.717, 1.165) is 40.7 Å². The molecule has 3 rings (SSSR count). The Morgan fingerprint density at radius 2 is 1.61 bits per heavy atom. The molecule has 0 saturated heterocycles. The summed E-state index contributed by atoms with van der Waals surface area (Å²) in [5.74, 6) is -0.288. The van der Waals surface area contributed by atoms with E-state index >= 15 is 0 Å². The molecule has 0 aliphatic heterocycles. The minimum absolute atomic E-state index is 0.127. The van der Waals surface area contributed by atoms with Crippen LogP contribution in [0.4, 0.5) is 0 Å². The van der Waals surface area contributed by atoms with Gasteiger partial charge in [-0.15, -0.1) is 0 Å². The average Bonchev–Trinajstić information content (AvgIpc) is 2.82. The van der Waals surface area contributed by atoms with Crippen molar-refractivity contribution in [2.75, 3.05) is 6.54 Å². The molecule has 6 heteroatoms. The van der Waals surface area contributed by atoms with E-state index in [2.05, 4.69) is 18.3 Å². The molecule has 0 aliphatic rings. The number of halogens is 2. The fourth-order valence-corrected chi connectivity index (χ4v) is 4.81. The molecule has 1 atom stereocenters. The largest absolute Gasteiger partial charge is 0.354 e. The smallest absolute Gasteiger partial charge is 0.243 e. The first kappa shape index (κ1) is 27.8. The molecule has 1 N–H and O–H groups in total. The number of amides is 2. The monoisotopic (exact) mass is 524 g/mol. The van der Waals surface area contributed by atoms with Gasteiger partial charge in [0.25, 0.3) is 0 Å². The zero-order valence-electron chi connectivity index (χ0n) is 21.2. The molecule has 0 radical (unpaired) electrons. The van der Waals surface area contributed by atoms with Crippen LogP contribution >= 0.6 is 23.2 Å². The SMILES string of the molecule is CCCCNC(=O)[C@@H](Cc1ccccc1)N(Cc1ccc(Cl)cc1Cl)C(=O)Cc1cc(C)cc(C)c1. The molecule has 4 nitrogen and oxygen atoms in total. The molecule has 3 aromatic carbocycles. The number of unbranched alkanes of at least 4 members (excludes halogenated alkanes) is 1. The third-order valence-corrected chi connectivity index (χ3v) is 6.68. The Hall–Kier alpha value is -2.82. The quantitative estimate of drug-likeness (QED) is 0.283. The highest BCUT2D eigenvalue weighted by Gasteiger charge is 2.30. The van der Waals surface area contributed by atoms with Crippen molar-refractivity contribution in [3.8, 4) is 0 Å². The molecule has 3 aromatic rings. The number of hydrogen-bond donors (Lipinski definition) is 1. The van der Waals surface area contributed by atoms with E-state index in [9.17, 15) is 9.59 Å². The summed E-state index contributed by atoms with van der Waals surface area (Å²) in [5, 5.41) is 4.04. The van der Waals surface area contributed by atoms with Crippen molar-refractivity contribution in [2.45, 2.75) is 59.0 Å². The highest BCUT2D eigenvalue weighted by atomic mass is 35.5. The van der Waals surface area contributed by atoms with Crippen molar-refractivity contribution < 1.29 is 9.59 Å². The van der Waals surface area contributed by atoms with Gasteiger partial charge in [0.15, 0.2) is 0 Å². The van der Waals surface area contributed by atoms with Crippen molar-refractivity contribution in [2.24, 2.45) is 0 Å². The molecule has 0 aromatic heterocycles. The summed E-state index contributed by atoms with van der Waals surface area (Å²) in [6, 6.07) is 20.5. The minimum Gasteiger partial charge on any atom is -0.354 e. The summed E-state index contributed by atoms with van der Waals surface area (Å²) in [5.41, 5.74) is 4.86. The molecule has 0 aliphatic carbocycles. The van der Waals surface area contributed by atoms with Crippen molar-refractivity contribution in [1.29, 1.82) is 0 Å². The van der Waals surface area contributed by atoms with E-state index in [4.69, 9.17) is 23.2 Å². The first-order valence-electron chi connectivity index (χ1n) is 12.4. The molecule has 36 heavy (non-hydrogen) atoms. The molecule has 2 amide bonds. The number of carbonyl (C=O) groups is 2. The Balaban J connectivity index is 1.99. The first-order valence-corrected chi connectivity index (χ1v) is 13.1. The summed E-state index contributed by atoms with van der Waals surface area (Å²) in [6.07, 6.45) is 2.45. The Bertz CT molecular complexity index is 1160. The van der Waals surface area contributed by atoms with Crippen LogP contribution in [0.1, 0.15) is 47.6 Å². The topological polar surface area (TPSA) is 49.4 Å². The second-order valence-electron chi connectivity index (χ2n) is 9.28. The van der Waals surface area contributed by atoms with E-state index in [1.165, 1.54) is 0 Å². The summed E-state index contributed by atoms with van der Waals surface area (Å²) < 4.78 is 0. The first-order chi connectivity index (χ1) is 17.3. The lowest BCUT2D eigenvalue weighted by Crippen LogP contribution is -2.51. The summed E-state index contributed by atoms with van der Waals surface area (Å²) >= 11 is 12.6. The third kappa shape index (κ3) is 8.11. The van der Waals surface area contributed by atoms with E-state index < -0.39 is 6.04 Å². The number of hydrogen-bond acceptors (Lipinski definition) is 2. The van der Waals surface area contributed by atoms with Gasteiger partial charge in [-0.2, -0.15) is 0 Å². The average molecular weight is 526 g/mol. The maximum absolute atomic E-state index is 13.9. The Kier molecular flexibility index (Phi) is 10.4. The predicted octanol–water partition coefficient (Wildman–Crippen LogP) is 6.71. The van der Waals surface area contributed by atoms with Gasteiger partial charge in [-0.05, 0) is 49.1 Å². The number of nitrogens with zero attached hydrogens (tertiary/aromatic N) is 1. The highest BCUT2D eigenvalue weighted by molar-refractivity contribution is 6.35. The van der Waals surface area contributed by atoms with Gasteiger partial charge in [-0.3, -0.25) is 9.59 Å². The Labute approximate surface area is 224 Å². The van der Waals surface area contributed by atoms with Crippen LogP contribution in [-0.4, -0.2) is 29.3 Å². The second kappa shape index (κ2) is 13.5. The predicted molar refractivity (Wildman–Crippen MR) is 148 cm³/mol. The van der Waals surface area contributed by atoms with Gasteiger partial charge >= 0.3 is 0 Å². The van der Waals surface area contributed by atoms with Crippen LogP contribution in [0, 0.1) is 13.8 Å². The fraction of sp³-hybridized carbons (Fsp3) is 0.333. The van der Waals surface area contributed by atoms with Crippen molar-refractivity contribution in [3.63, 3.8) is 0 Å². The van der Waals surface area contributed by atoms with Crippen LogP contribution in [0.15, 0.2) is 66.7 Å². The molecular weight excluding hydrogens is 491 g/mol. The van der Waals surface area contributed by atoms with E-state index in [1.54, 1.807) is 17.0 Å². The van der Waals surface area contributed by atoms with Crippen LogP contribution in [-0.2, 0) is 29.0 Å². The van der Waals surface area contributed by atoms with E-state index in [-0.39, 0.29) is 24.8 Å². The van der Waals surface area contributed by atoms with Crippen LogP contribution in [0.5, 0.6) is 0 Å². The highest BCUT2D eigenvalue weighted by Crippen LogP contribution is 2.25. The van der Waals surface area contributed by atoms with Crippen LogP contribution < -0.4 is 5.32 Å². The molecule has 190 valence electrons. The lowest BCUT2D eigenvalue weighted by molar-refractivity contribution is -0.140. The fourth-order valence-electron chi connectivity index (χ4n) is 4.34. The summed E-state index contributed by atoms with van der Waals surface area (Å²) in [7, 11) is 0. The molecule has 0 bridgehead atoms. The number of nitrogens with one attached hydrogen (secondary N) is 1. The van der Waals surface area contributed by atoms with Crippen molar-refractivity contribution >= 4 is 35.0 Å². The molecule has 0 heterocycles. The molecule has 0 unspecified atom stereocenters. The summed E-state index contributed by atoms with van der Waals surface area (Å²) in [4.78, 5) is 29.0. The minimum atomic E-state index is -0.686. The standard InChI is InChI=1S/C30H34Cl2N2O2/c1-4-5-13-33-30(36)28(17-23-9-7-6-8-10-23)34(20-25-11-12-26(31)19-27(25)32)29(35)18-24-15-21(2)14-22(3)16-24/h6-12,14-16,19,28H,4-5,13,17-18,20H2,1-3H3,(H,33,36)/t28-/m1/s1. The second-order valence-corrected chi connectivity index (χ2v) is 10.1. The van der Waals surface area contributed by atoms with Gasteiger partial charge in [0.2, 0.25) is 11.8 Å². The van der Waals surface area contributed by atoms with Gasteiger partial charge in [-0.25, -0.2) is 0 Å². The Morgan fingerprint density at radius 1 is 0.917 bits per heavy atom. The molecule has 0 fully saturated rings. The van der Waals surface area contributed by atoms with Crippen LogP contribution in [0.2, 0.25) is 10.0 Å². The maximum Gasteiger partial charge on any atom is 0.243 e. The third-order valence-electron chi connectivity index (χ3n) is 6.09. The van der Waals surface area contributed by atoms with Crippen molar-refractivity contribution in [3.05, 3.63) is 105 Å². The number of carbonyl (C=O) groups excluding carboxylic acids is 2. The van der Waals surface area contributed by atoms with E-state index in [1.807, 2.05) is 62.4 Å². The van der Waals surface area contributed by atoms with Crippen LogP contribution in [0.3, 0.4) is 0 Å². The van der Waals surface area contributed by atoms with Crippen molar-refractivity contribution in [1.82, 2.24) is 10.2 Å². The lowest BCUT2D eigenvalue weighted by Gasteiger charge is -2.32.